The van der Waals surface area contributed by atoms with E-state index in [2.05, 4.69) is 24.9 Å². The molecule has 0 bridgehead atoms. The number of carbonyl (C=O) groups excluding carboxylic acids is 2. The van der Waals surface area contributed by atoms with E-state index in [0.717, 1.165) is 75.3 Å². The van der Waals surface area contributed by atoms with E-state index in [1.54, 1.807) is 17.0 Å². The first-order chi connectivity index (χ1) is 32.8. The highest BCUT2D eigenvalue weighted by Crippen LogP contribution is 2.62. The van der Waals surface area contributed by atoms with E-state index in [1.165, 1.54) is 38.5 Å². The molecule has 2 aliphatic carbocycles. The summed E-state index contributed by atoms with van der Waals surface area (Å²) in [5.41, 5.74) is 2.34. The van der Waals surface area contributed by atoms with Gasteiger partial charge in [0.1, 0.15) is 17.5 Å². The Balaban J connectivity index is 1.61. The van der Waals surface area contributed by atoms with E-state index >= 15 is 0 Å². The van der Waals surface area contributed by atoms with Crippen LogP contribution in [0.15, 0.2) is 47.7 Å². The van der Waals surface area contributed by atoms with E-state index in [4.69, 9.17) is 38.4 Å². The molecule has 378 valence electrons. The average molecular weight is 942 g/mol. The first-order valence-electron chi connectivity index (χ1n) is 25.8. The van der Waals surface area contributed by atoms with Gasteiger partial charge in [-0.25, -0.2) is 9.59 Å². The van der Waals surface area contributed by atoms with Gasteiger partial charge < -0.3 is 53.9 Å². The fraction of sp³-hybridized carbons (Fsp3) is 0.750. The van der Waals surface area contributed by atoms with Crippen LogP contribution < -0.4 is 14.8 Å². The van der Waals surface area contributed by atoms with E-state index in [1.807, 2.05) is 19.1 Å². The predicted octanol–water partition coefficient (Wildman–Crippen LogP) is 9.32. The SMILES string of the molecule is C=CCOC12Oc3ccc(OC(=O)NCC)cc3C3C(CCCCO)C(CCCCO)C=C(C(=NOC4CCCCO4)CC1N(CCOCCO)C(=O)OCCCCCCCCCCCC)C32. The molecule has 0 aromatic heterocycles. The van der Waals surface area contributed by atoms with Gasteiger partial charge in [-0.2, -0.15) is 0 Å². The van der Waals surface area contributed by atoms with Crippen molar-refractivity contribution in [1.82, 2.24) is 10.2 Å². The van der Waals surface area contributed by atoms with Crippen LogP contribution in [0.4, 0.5) is 9.59 Å². The summed E-state index contributed by atoms with van der Waals surface area (Å²) < 4.78 is 38.2. The fourth-order valence-electron chi connectivity index (χ4n) is 10.5. The first-order valence-corrected chi connectivity index (χ1v) is 25.8. The first kappa shape index (κ1) is 54.2. The van der Waals surface area contributed by atoms with Gasteiger partial charge in [-0.1, -0.05) is 94.9 Å². The normalized spacial score (nSPS) is 24.7. The highest BCUT2D eigenvalue weighted by atomic mass is 16.8. The lowest BCUT2D eigenvalue weighted by atomic mass is 9.55. The van der Waals surface area contributed by atoms with Gasteiger partial charge in [-0.3, -0.25) is 4.90 Å². The van der Waals surface area contributed by atoms with Crippen molar-refractivity contribution in [2.75, 3.05) is 65.9 Å². The fourth-order valence-corrected chi connectivity index (χ4v) is 10.5. The van der Waals surface area contributed by atoms with Crippen LogP contribution >= 0.6 is 0 Å². The van der Waals surface area contributed by atoms with Crippen LogP contribution in [-0.2, 0) is 23.8 Å². The standard InChI is InChI=1S/C52H83N3O12/c1-4-7-8-9-10-11-12-13-14-20-33-63-51(60)55(27-34-61-35-30-58)46-38-44(54-67-47-24-17-21-32-62-47)42-36-39(22-15-18-28-56)41(23-16-19-29-57)48-43-37-40(65-50(59)53-6-3)25-26-45(43)66-52(46,49(42)48)64-31-5-2/h5,25-26,36-37,39,41,46-49,56-58H,2,4,6-24,27-35,38H2,1,3H3,(H,53,59). The molecule has 4 N–H and O–H groups in total. The number of oxime groups is 1. The van der Waals surface area contributed by atoms with E-state index in [0.29, 0.717) is 49.6 Å². The zero-order chi connectivity index (χ0) is 47.7. The molecule has 1 saturated carbocycles. The number of benzene rings is 1. The molecule has 67 heavy (non-hydrogen) atoms. The van der Waals surface area contributed by atoms with Gasteiger partial charge in [0.15, 0.2) is 0 Å². The molecule has 1 aromatic rings. The minimum Gasteiger partial charge on any atom is -0.459 e. The highest BCUT2D eigenvalue weighted by molar-refractivity contribution is 6.03. The van der Waals surface area contributed by atoms with Crippen molar-refractivity contribution in [1.29, 1.82) is 0 Å². The Morgan fingerprint density at radius 2 is 1.66 bits per heavy atom. The minimum atomic E-state index is -1.52. The summed E-state index contributed by atoms with van der Waals surface area (Å²) in [6.07, 6.45) is 21.0. The van der Waals surface area contributed by atoms with Gasteiger partial charge >= 0.3 is 12.2 Å². The second-order valence-corrected chi connectivity index (χ2v) is 18.4. The topological polar surface area (TPSA) is 187 Å². The quantitative estimate of drug-likeness (QED) is 0.0305. The summed E-state index contributed by atoms with van der Waals surface area (Å²) in [5.74, 6) is -1.54. The third-order valence-electron chi connectivity index (χ3n) is 13.6. The maximum Gasteiger partial charge on any atom is 0.412 e. The third kappa shape index (κ3) is 15.6. The molecule has 15 nitrogen and oxygen atoms in total. The van der Waals surface area contributed by atoms with Crippen molar-refractivity contribution in [3.63, 3.8) is 0 Å². The molecule has 2 heterocycles. The summed E-state index contributed by atoms with van der Waals surface area (Å²) in [6, 6.07) is 4.57. The Bertz CT molecular complexity index is 1690. The van der Waals surface area contributed by atoms with Crippen LogP contribution in [0.1, 0.15) is 154 Å². The van der Waals surface area contributed by atoms with Crippen LogP contribution in [0.3, 0.4) is 0 Å². The van der Waals surface area contributed by atoms with Crippen molar-refractivity contribution in [3.05, 3.63) is 48.1 Å². The molecule has 0 spiro atoms. The summed E-state index contributed by atoms with van der Waals surface area (Å²) in [5, 5.41) is 37.2. The number of allylic oxidation sites excluding steroid dienone is 1. The van der Waals surface area contributed by atoms with Crippen LogP contribution in [-0.4, -0.2) is 122 Å². The van der Waals surface area contributed by atoms with Gasteiger partial charge in [0, 0.05) is 50.6 Å². The number of carbonyl (C=O) groups is 2. The second kappa shape index (κ2) is 30.0. The van der Waals surface area contributed by atoms with E-state index in [9.17, 15) is 24.9 Å². The Kier molecular flexibility index (Phi) is 24.3. The molecular formula is C52H83N3O12. The monoisotopic (exact) mass is 942 g/mol. The second-order valence-electron chi connectivity index (χ2n) is 18.4. The number of unbranched alkanes of at least 4 members (excludes halogenated alkanes) is 11. The molecule has 7 unspecified atom stereocenters. The number of amides is 2. The van der Waals surface area contributed by atoms with Crippen molar-refractivity contribution in [2.24, 2.45) is 22.9 Å². The van der Waals surface area contributed by atoms with Gasteiger partial charge in [0.05, 0.1) is 51.3 Å². The Hall–Kier alpha value is -3.73. The number of nitrogens with zero attached hydrogens (tertiary/aromatic N) is 2. The number of rotatable bonds is 32. The molecule has 15 heteroatoms. The molecule has 2 amide bonds. The van der Waals surface area contributed by atoms with Crippen LogP contribution in [0.25, 0.3) is 0 Å². The molecule has 2 aliphatic heterocycles. The summed E-state index contributed by atoms with van der Waals surface area (Å²) in [7, 11) is 0. The number of aliphatic hydroxyl groups excluding tert-OH is 3. The van der Waals surface area contributed by atoms with Crippen molar-refractivity contribution < 1.29 is 58.2 Å². The molecule has 4 aliphatic rings. The number of fused-ring (bicyclic) bond motifs is 2. The lowest BCUT2D eigenvalue weighted by Crippen LogP contribution is -2.70. The van der Waals surface area contributed by atoms with E-state index in [-0.39, 0.29) is 77.0 Å². The molecule has 7 atom stereocenters. The zero-order valence-corrected chi connectivity index (χ0v) is 40.7. The molecule has 5 rings (SSSR count). The molecular weight excluding hydrogens is 859 g/mol. The highest BCUT2D eigenvalue weighted by Gasteiger charge is 2.65. The van der Waals surface area contributed by atoms with Crippen LogP contribution in [0.5, 0.6) is 11.5 Å². The predicted molar refractivity (Wildman–Crippen MR) is 257 cm³/mol. The third-order valence-corrected chi connectivity index (χ3v) is 13.6. The number of hydrogen-bond donors (Lipinski definition) is 4. The van der Waals surface area contributed by atoms with Crippen molar-refractivity contribution in [2.45, 2.75) is 166 Å². The van der Waals surface area contributed by atoms with Gasteiger partial charge in [0.2, 0.25) is 12.1 Å². The molecule has 0 radical (unpaired) electrons. The maximum atomic E-state index is 14.8. The number of hydrogen-bond acceptors (Lipinski definition) is 13. The minimum absolute atomic E-state index is 0.0131. The smallest absolute Gasteiger partial charge is 0.412 e. The molecule has 2 fully saturated rings. The average Bonchev–Trinajstić information content (AvgIpc) is 3.33. The van der Waals surface area contributed by atoms with Crippen LogP contribution in [0, 0.1) is 17.8 Å². The van der Waals surface area contributed by atoms with E-state index < -0.39 is 36.2 Å². The van der Waals surface area contributed by atoms with Crippen molar-refractivity contribution >= 4 is 17.9 Å². The maximum absolute atomic E-state index is 14.8. The van der Waals surface area contributed by atoms with Gasteiger partial charge in [-0.05, 0) is 87.5 Å². The van der Waals surface area contributed by atoms with Crippen molar-refractivity contribution in [3.8, 4) is 11.5 Å². The van der Waals surface area contributed by atoms with Gasteiger partial charge in [-0.15, -0.1) is 6.58 Å². The van der Waals surface area contributed by atoms with Crippen LogP contribution in [0.2, 0.25) is 0 Å². The largest absolute Gasteiger partial charge is 0.459 e. The Morgan fingerprint density at radius 1 is 0.910 bits per heavy atom. The summed E-state index contributed by atoms with van der Waals surface area (Å²) >= 11 is 0. The Labute approximate surface area is 399 Å². The molecule has 1 aromatic carbocycles. The number of aliphatic hydroxyl groups is 3. The number of ether oxygens (including phenoxy) is 6. The zero-order valence-electron chi connectivity index (χ0n) is 40.7. The lowest BCUT2D eigenvalue weighted by Gasteiger charge is -2.59. The summed E-state index contributed by atoms with van der Waals surface area (Å²) in [6.45, 7) is 9.70. The lowest BCUT2D eigenvalue weighted by molar-refractivity contribution is -0.256. The molecule has 1 saturated heterocycles. The summed E-state index contributed by atoms with van der Waals surface area (Å²) in [4.78, 5) is 35.5. The Morgan fingerprint density at radius 3 is 2.34 bits per heavy atom. The number of nitrogens with one attached hydrogen (secondary N) is 1. The van der Waals surface area contributed by atoms with Gasteiger partial charge in [0.25, 0.3) is 0 Å².